The highest BCUT2D eigenvalue weighted by Gasteiger charge is 2.44. The van der Waals surface area contributed by atoms with Crippen LogP contribution in [0.1, 0.15) is 155 Å². The van der Waals surface area contributed by atoms with Crippen LogP contribution in [-0.2, 0) is 14.3 Å². The van der Waals surface area contributed by atoms with Crippen molar-refractivity contribution in [3.05, 3.63) is 12.2 Å². The van der Waals surface area contributed by atoms with Gasteiger partial charge in [-0.3, -0.25) is 4.79 Å². The summed E-state index contributed by atoms with van der Waals surface area (Å²) in [6.07, 6.45) is 20.8. The van der Waals surface area contributed by atoms with Crippen LogP contribution in [0.3, 0.4) is 0 Å². The first-order chi connectivity index (χ1) is 21.8. The zero-order valence-electron chi connectivity index (χ0n) is 28.6. The standard InChI is InChI=1S/C36H69NO8/c1-3-5-7-9-11-13-15-16-17-19-21-23-25-30(39)29(28-44-36-35(43)34(42)33(41)31(27-38)45-36)37-32(40)26-24-22-20-18-14-12-10-8-6-4-2/h16-17,29-31,33-36,38-39,41-43H,3-15,18-28H2,1-2H3,(H,37,40)/b17-16+/t29-,30+,31+,33+,34?,35?,36+/m0/s1. The molecule has 1 aliphatic rings. The van der Waals surface area contributed by atoms with Crippen molar-refractivity contribution in [3.63, 3.8) is 0 Å². The lowest BCUT2D eigenvalue weighted by atomic mass is 9.99. The maximum absolute atomic E-state index is 12.8. The molecule has 1 fully saturated rings. The van der Waals surface area contributed by atoms with Crippen molar-refractivity contribution in [2.24, 2.45) is 0 Å². The Bertz CT molecular complexity index is 721. The van der Waals surface area contributed by atoms with Crippen LogP contribution in [0.5, 0.6) is 0 Å². The number of allylic oxidation sites excluding steroid dienone is 2. The largest absolute Gasteiger partial charge is 0.394 e. The number of amides is 1. The summed E-state index contributed by atoms with van der Waals surface area (Å²) in [6.45, 7) is 3.76. The second-order valence-electron chi connectivity index (χ2n) is 13.0. The topological polar surface area (TPSA) is 149 Å². The van der Waals surface area contributed by atoms with Crippen LogP contribution in [0.2, 0.25) is 0 Å². The third kappa shape index (κ3) is 20.0. The number of unbranched alkanes of at least 4 members (excludes halogenated alkanes) is 17. The third-order valence-corrected chi connectivity index (χ3v) is 8.87. The van der Waals surface area contributed by atoms with Gasteiger partial charge >= 0.3 is 0 Å². The summed E-state index contributed by atoms with van der Waals surface area (Å²) >= 11 is 0. The van der Waals surface area contributed by atoms with E-state index >= 15 is 0 Å². The van der Waals surface area contributed by atoms with Crippen LogP contribution in [0, 0.1) is 0 Å². The van der Waals surface area contributed by atoms with Crippen LogP contribution >= 0.6 is 0 Å². The maximum Gasteiger partial charge on any atom is 0.220 e. The Morgan fingerprint density at radius 2 is 1.24 bits per heavy atom. The molecule has 0 spiro atoms. The third-order valence-electron chi connectivity index (χ3n) is 8.87. The van der Waals surface area contributed by atoms with E-state index in [1.807, 2.05) is 0 Å². The molecule has 9 nitrogen and oxygen atoms in total. The van der Waals surface area contributed by atoms with Crippen LogP contribution < -0.4 is 5.32 Å². The van der Waals surface area contributed by atoms with Gasteiger partial charge in [-0.1, -0.05) is 122 Å². The van der Waals surface area contributed by atoms with E-state index in [9.17, 15) is 30.3 Å². The van der Waals surface area contributed by atoms with E-state index < -0.39 is 49.5 Å². The van der Waals surface area contributed by atoms with Gasteiger partial charge < -0.3 is 40.3 Å². The number of rotatable bonds is 29. The maximum atomic E-state index is 12.8. The van der Waals surface area contributed by atoms with Gasteiger partial charge in [-0.15, -0.1) is 0 Å². The molecular weight excluding hydrogens is 574 g/mol. The van der Waals surface area contributed by atoms with Gasteiger partial charge in [0.2, 0.25) is 5.91 Å². The molecular formula is C36H69NO8. The average molecular weight is 644 g/mol. The molecule has 1 saturated heterocycles. The second-order valence-corrected chi connectivity index (χ2v) is 13.0. The van der Waals surface area contributed by atoms with Crippen molar-refractivity contribution in [3.8, 4) is 0 Å². The first kappa shape index (κ1) is 42.0. The Balaban J connectivity index is 2.48. The first-order valence-electron chi connectivity index (χ1n) is 18.4. The van der Waals surface area contributed by atoms with E-state index in [0.717, 1.165) is 44.9 Å². The van der Waals surface area contributed by atoms with Gasteiger partial charge in [0, 0.05) is 6.42 Å². The molecule has 45 heavy (non-hydrogen) atoms. The van der Waals surface area contributed by atoms with Gasteiger partial charge in [-0.25, -0.2) is 0 Å². The van der Waals surface area contributed by atoms with E-state index in [-0.39, 0.29) is 12.5 Å². The molecule has 1 rings (SSSR count). The molecule has 0 aromatic rings. The molecule has 0 bridgehead atoms. The number of carbonyl (C=O) groups excluding carboxylic acids is 1. The van der Waals surface area contributed by atoms with Crippen molar-refractivity contribution in [2.45, 2.75) is 198 Å². The van der Waals surface area contributed by atoms with Crippen LogP contribution in [0.15, 0.2) is 12.2 Å². The predicted octanol–water partition coefficient (Wildman–Crippen LogP) is 5.83. The minimum absolute atomic E-state index is 0.147. The molecule has 6 N–H and O–H groups in total. The van der Waals surface area contributed by atoms with Gasteiger partial charge in [0.1, 0.15) is 24.4 Å². The number of ether oxygens (including phenoxy) is 2. The van der Waals surface area contributed by atoms with Gasteiger partial charge in [0.25, 0.3) is 0 Å². The molecule has 0 aliphatic carbocycles. The summed E-state index contributed by atoms with van der Waals surface area (Å²) in [5.41, 5.74) is 0. The average Bonchev–Trinajstić information content (AvgIpc) is 3.04. The molecule has 0 aromatic carbocycles. The van der Waals surface area contributed by atoms with Crippen LogP contribution in [-0.4, -0.2) is 87.5 Å². The fourth-order valence-corrected chi connectivity index (χ4v) is 5.80. The molecule has 1 aliphatic heterocycles. The van der Waals surface area contributed by atoms with E-state index in [1.165, 1.54) is 83.5 Å². The van der Waals surface area contributed by atoms with E-state index in [2.05, 4.69) is 31.3 Å². The van der Waals surface area contributed by atoms with Crippen molar-refractivity contribution in [2.75, 3.05) is 13.2 Å². The number of aliphatic hydroxyl groups excluding tert-OH is 5. The molecule has 0 saturated carbocycles. The monoisotopic (exact) mass is 644 g/mol. The zero-order chi connectivity index (χ0) is 33.1. The summed E-state index contributed by atoms with van der Waals surface area (Å²) in [6, 6.07) is -0.726. The van der Waals surface area contributed by atoms with Gasteiger partial charge in [-0.05, 0) is 38.5 Å². The molecule has 9 heteroatoms. The summed E-state index contributed by atoms with van der Waals surface area (Å²) in [5.74, 6) is -0.159. The summed E-state index contributed by atoms with van der Waals surface area (Å²) in [7, 11) is 0. The number of hydrogen-bond donors (Lipinski definition) is 6. The molecule has 266 valence electrons. The van der Waals surface area contributed by atoms with Gasteiger partial charge in [0.15, 0.2) is 6.29 Å². The smallest absolute Gasteiger partial charge is 0.220 e. The Kier molecular flexibility index (Phi) is 26.1. The zero-order valence-corrected chi connectivity index (χ0v) is 28.6. The summed E-state index contributed by atoms with van der Waals surface area (Å²) in [4.78, 5) is 12.8. The second kappa shape index (κ2) is 28.0. The van der Waals surface area contributed by atoms with E-state index in [0.29, 0.717) is 12.8 Å². The number of nitrogens with one attached hydrogen (secondary N) is 1. The lowest BCUT2D eigenvalue weighted by Gasteiger charge is -2.40. The highest BCUT2D eigenvalue weighted by molar-refractivity contribution is 5.76. The number of carbonyl (C=O) groups is 1. The van der Waals surface area contributed by atoms with Crippen molar-refractivity contribution in [1.82, 2.24) is 5.32 Å². The lowest BCUT2D eigenvalue weighted by molar-refractivity contribution is -0.302. The number of hydrogen-bond acceptors (Lipinski definition) is 8. The summed E-state index contributed by atoms with van der Waals surface area (Å²) < 4.78 is 11.2. The van der Waals surface area contributed by atoms with Crippen molar-refractivity contribution < 1.29 is 39.8 Å². The predicted molar refractivity (Wildman–Crippen MR) is 180 cm³/mol. The van der Waals surface area contributed by atoms with Crippen molar-refractivity contribution >= 4 is 5.91 Å². The minimum atomic E-state index is -1.55. The first-order valence-corrected chi connectivity index (χ1v) is 18.4. The SMILES string of the molecule is CCCCCCCC/C=C/CCCC[C@@H](O)[C@H](CO[C@@H]1O[C@H](CO)[C@@H](O)C(O)C1O)NC(=O)CCCCCCCCCCCC. The fourth-order valence-electron chi connectivity index (χ4n) is 5.80. The molecule has 0 aromatic heterocycles. The molecule has 0 radical (unpaired) electrons. The highest BCUT2D eigenvalue weighted by Crippen LogP contribution is 2.23. The van der Waals surface area contributed by atoms with Crippen molar-refractivity contribution in [1.29, 1.82) is 0 Å². The lowest BCUT2D eigenvalue weighted by Crippen LogP contribution is -2.60. The quantitative estimate of drug-likeness (QED) is 0.0441. The highest BCUT2D eigenvalue weighted by atomic mass is 16.7. The van der Waals surface area contributed by atoms with Gasteiger partial charge in [-0.2, -0.15) is 0 Å². The van der Waals surface area contributed by atoms with Crippen LogP contribution in [0.4, 0.5) is 0 Å². The molecule has 7 atom stereocenters. The summed E-state index contributed by atoms with van der Waals surface area (Å²) in [5, 5.41) is 53.9. The van der Waals surface area contributed by atoms with E-state index in [1.54, 1.807) is 0 Å². The molecule has 1 heterocycles. The Morgan fingerprint density at radius 1 is 0.733 bits per heavy atom. The van der Waals surface area contributed by atoms with Gasteiger partial charge in [0.05, 0.1) is 25.4 Å². The molecule has 2 unspecified atom stereocenters. The Labute approximate surface area is 274 Å². The minimum Gasteiger partial charge on any atom is -0.394 e. The number of aliphatic hydroxyl groups is 5. The Morgan fingerprint density at radius 3 is 1.80 bits per heavy atom. The van der Waals surface area contributed by atoms with Crippen LogP contribution in [0.25, 0.3) is 0 Å². The fraction of sp³-hybridized carbons (Fsp3) is 0.917. The molecule has 1 amide bonds. The van der Waals surface area contributed by atoms with E-state index in [4.69, 9.17) is 9.47 Å². The Hall–Kier alpha value is -1.07. The normalized spacial score (nSPS) is 23.4.